The minimum Gasteiger partial charge on any atom is -0.508 e. The molecule has 1 aromatic heterocycles. The van der Waals surface area contributed by atoms with Crippen LogP contribution >= 0.6 is 0 Å². The number of aromatic nitrogens is 1. The molecule has 1 N–H and O–H groups in total. The van der Waals surface area contributed by atoms with Crippen molar-refractivity contribution in [1.29, 1.82) is 0 Å². The number of phenolic OH excluding ortho intramolecular Hbond substituents is 1. The predicted molar refractivity (Wildman–Crippen MR) is 86.4 cm³/mol. The van der Waals surface area contributed by atoms with Gasteiger partial charge in [0.05, 0.1) is 11.4 Å². The van der Waals surface area contributed by atoms with Crippen molar-refractivity contribution in [2.24, 2.45) is 10.2 Å². The largest absolute Gasteiger partial charge is 0.508 e. The number of azo groups is 1. The molecule has 0 saturated carbocycles. The Balaban J connectivity index is 1.74. The topological polar surface area (TPSA) is 74.9 Å². The van der Waals surface area contributed by atoms with Gasteiger partial charge in [-0.05, 0) is 60.7 Å². The number of benzene rings is 2. The molecule has 0 spiro atoms. The van der Waals surface area contributed by atoms with Crippen LogP contribution in [-0.2, 0) is 0 Å². The van der Waals surface area contributed by atoms with Crippen molar-refractivity contribution in [1.82, 2.24) is 4.98 Å². The summed E-state index contributed by atoms with van der Waals surface area (Å²) in [6.45, 7) is 0. The Morgan fingerprint density at radius 3 is 1.78 bits per heavy atom. The molecule has 23 heavy (non-hydrogen) atoms. The van der Waals surface area contributed by atoms with Crippen molar-refractivity contribution in [3.8, 4) is 5.75 Å². The fourth-order valence-electron chi connectivity index (χ4n) is 1.98. The van der Waals surface area contributed by atoms with E-state index in [-0.39, 0.29) is 11.5 Å². The molecular weight excluding hydrogens is 290 g/mol. The number of hydrogen-bond acceptors (Lipinski definition) is 5. The standard InChI is InChI=1S/C18H13N3O2/c22-17-7-5-16(6-8-17)21-20-15-3-1-13(2-4-15)18(23)14-9-11-19-12-10-14/h1-12,22H. The van der Waals surface area contributed by atoms with E-state index in [4.69, 9.17) is 0 Å². The maximum absolute atomic E-state index is 12.3. The molecule has 0 aliphatic carbocycles. The smallest absolute Gasteiger partial charge is 0.193 e. The summed E-state index contributed by atoms with van der Waals surface area (Å²) in [6, 6.07) is 16.7. The number of carbonyl (C=O) groups excluding carboxylic acids is 1. The van der Waals surface area contributed by atoms with E-state index in [1.807, 2.05) is 0 Å². The van der Waals surface area contributed by atoms with Crippen LogP contribution in [0.4, 0.5) is 11.4 Å². The van der Waals surface area contributed by atoms with Gasteiger partial charge < -0.3 is 5.11 Å². The van der Waals surface area contributed by atoms with Crippen molar-refractivity contribution in [3.05, 3.63) is 84.2 Å². The highest BCUT2D eigenvalue weighted by atomic mass is 16.3. The van der Waals surface area contributed by atoms with Crippen LogP contribution in [0, 0.1) is 0 Å². The Bertz CT molecular complexity index is 826. The Morgan fingerprint density at radius 1 is 0.739 bits per heavy atom. The van der Waals surface area contributed by atoms with E-state index >= 15 is 0 Å². The highest BCUT2D eigenvalue weighted by molar-refractivity contribution is 6.08. The maximum Gasteiger partial charge on any atom is 0.193 e. The van der Waals surface area contributed by atoms with Gasteiger partial charge in [-0.25, -0.2) is 0 Å². The molecule has 0 fully saturated rings. The minimum absolute atomic E-state index is 0.0607. The molecule has 0 aliphatic rings. The van der Waals surface area contributed by atoms with Crippen LogP contribution in [-0.4, -0.2) is 15.9 Å². The van der Waals surface area contributed by atoms with Crippen LogP contribution in [0.15, 0.2) is 83.3 Å². The number of carbonyl (C=O) groups is 1. The molecule has 3 aromatic rings. The van der Waals surface area contributed by atoms with Crippen LogP contribution in [0.3, 0.4) is 0 Å². The maximum atomic E-state index is 12.3. The first-order chi connectivity index (χ1) is 11.2. The average molecular weight is 303 g/mol. The number of phenols is 1. The Hall–Kier alpha value is -3.34. The second-order valence-corrected chi connectivity index (χ2v) is 4.83. The molecule has 0 aliphatic heterocycles. The number of aromatic hydroxyl groups is 1. The summed E-state index contributed by atoms with van der Waals surface area (Å²) in [5.41, 5.74) is 2.46. The van der Waals surface area contributed by atoms with Crippen LogP contribution in [0.1, 0.15) is 15.9 Å². The third-order valence-electron chi connectivity index (χ3n) is 3.20. The van der Waals surface area contributed by atoms with Gasteiger partial charge >= 0.3 is 0 Å². The molecule has 0 radical (unpaired) electrons. The van der Waals surface area contributed by atoms with Gasteiger partial charge in [-0.15, -0.1) is 0 Å². The third kappa shape index (κ3) is 3.65. The third-order valence-corrected chi connectivity index (χ3v) is 3.20. The number of pyridine rings is 1. The number of ketones is 1. The molecule has 112 valence electrons. The summed E-state index contributed by atoms with van der Waals surface area (Å²) in [7, 11) is 0. The zero-order valence-electron chi connectivity index (χ0n) is 12.1. The fraction of sp³-hybridized carbons (Fsp3) is 0. The van der Waals surface area contributed by atoms with Crippen LogP contribution in [0.25, 0.3) is 0 Å². The van der Waals surface area contributed by atoms with E-state index in [1.165, 1.54) is 0 Å². The van der Waals surface area contributed by atoms with E-state index in [2.05, 4.69) is 15.2 Å². The van der Waals surface area contributed by atoms with Gasteiger partial charge in [-0.2, -0.15) is 10.2 Å². The lowest BCUT2D eigenvalue weighted by Gasteiger charge is -2.01. The normalized spacial score (nSPS) is 10.8. The van der Waals surface area contributed by atoms with E-state index < -0.39 is 0 Å². The highest BCUT2D eigenvalue weighted by Crippen LogP contribution is 2.21. The first kappa shape index (κ1) is 14.6. The van der Waals surface area contributed by atoms with Crippen molar-refractivity contribution in [3.63, 3.8) is 0 Å². The molecule has 0 amide bonds. The average Bonchev–Trinajstić information content (AvgIpc) is 2.62. The summed E-state index contributed by atoms with van der Waals surface area (Å²) < 4.78 is 0. The zero-order valence-corrected chi connectivity index (χ0v) is 12.1. The second-order valence-electron chi connectivity index (χ2n) is 4.83. The van der Waals surface area contributed by atoms with Crippen molar-refractivity contribution in [2.45, 2.75) is 0 Å². The predicted octanol–water partition coefficient (Wildman–Crippen LogP) is 4.43. The lowest BCUT2D eigenvalue weighted by Crippen LogP contribution is -2.00. The summed E-state index contributed by atoms with van der Waals surface area (Å²) >= 11 is 0. The molecule has 0 unspecified atom stereocenters. The van der Waals surface area contributed by atoms with Gasteiger partial charge in [0.1, 0.15) is 5.75 Å². The highest BCUT2D eigenvalue weighted by Gasteiger charge is 2.08. The molecule has 0 bridgehead atoms. The van der Waals surface area contributed by atoms with Gasteiger partial charge in [-0.3, -0.25) is 9.78 Å². The Morgan fingerprint density at radius 2 is 1.22 bits per heavy atom. The lowest BCUT2D eigenvalue weighted by molar-refractivity contribution is 0.103. The van der Waals surface area contributed by atoms with Crippen LogP contribution in [0.5, 0.6) is 5.75 Å². The number of nitrogens with zero attached hydrogens (tertiary/aromatic N) is 3. The molecular formula is C18H13N3O2. The lowest BCUT2D eigenvalue weighted by atomic mass is 10.0. The van der Waals surface area contributed by atoms with E-state index in [0.29, 0.717) is 22.5 Å². The van der Waals surface area contributed by atoms with Gasteiger partial charge in [0.15, 0.2) is 5.78 Å². The zero-order chi connectivity index (χ0) is 16.1. The monoisotopic (exact) mass is 303 g/mol. The first-order valence-electron chi connectivity index (χ1n) is 6.98. The van der Waals surface area contributed by atoms with Crippen LogP contribution < -0.4 is 0 Å². The molecule has 0 saturated heterocycles. The molecule has 1 heterocycles. The summed E-state index contributed by atoms with van der Waals surface area (Å²) in [4.78, 5) is 16.2. The second kappa shape index (κ2) is 6.62. The molecule has 5 heteroatoms. The number of rotatable bonds is 4. The number of hydrogen-bond donors (Lipinski definition) is 1. The fourth-order valence-corrected chi connectivity index (χ4v) is 1.98. The van der Waals surface area contributed by atoms with E-state index in [9.17, 15) is 9.90 Å². The Kier molecular flexibility index (Phi) is 4.20. The van der Waals surface area contributed by atoms with Gasteiger partial charge in [0, 0.05) is 23.5 Å². The molecule has 0 atom stereocenters. The van der Waals surface area contributed by atoms with Gasteiger partial charge in [0.25, 0.3) is 0 Å². The van der Waals surface area contributed by atoms with Gasteiger partial charge in [0.2, 0.25) is 0 Å². The van der Waals surface area contributed by atoms with Crippen LogP contribution in [0.2, 0.25) is 0 Å². The quantitative estimate of drug-likeness (QED) is 0.572. The van der Waals surface area contributed by atoms with Gasteiger partial charge in [-0.1, -0.05) is 0 Å². The van der Waals surface area contributed by atoms with E-state index in [0.717, 1.165) is 0 Å². The molecule has 5 nitrogen and oxygen atoms in total. The first-order valence-corrected chi connectivity index (χ1v) is 6.98. The molecule has 2 aromatic carbocycles. The van der Waals surface area contributed by atoms with Crippen molar-refractivity contribution in [2.75, 3.05) is 0 Å². The SMILES string of the molecule is O=C(c1ccncc1)c1ccc(N=Nc2ccc(O)cc2)cc1. The summed E-state index contributed by atoms with van der Waals surface area (Å²) in [5.74, 6) is 0.123. The molecule has 3 rings (SSSR count). The minimum atomic E-state index is -0.0607. The summed E-state index contributed by atoms with van der Waals surface area (Å²) in [5, 5.41) is 17.4. The Labute approximate surface area is 133 Å². The van der Waals surface area contributed by atoms with Crippen molar-refractivity contribution < 1.29 is 9.90 Å². The summed E-state index contributed by atoms with van der Waals surface area (Å²) in [6.07, 6.45) is 3.18. The van der Waals surface area contributed by atoms with Crippen molar-refractivity contribution >= 4 is 17.2 Å². The van der Waals surface area contributed by atoms with E-state index in [1.54, 1.807) is 73.1 Å².